The molecule has 0 saturated carbocycles. The Morgan fingerprint density at radius 1 is 0.254 bits per heavy atom. The van der Waals surface area contributed by atoms with Crippen LogP contribution in [0.5, 0.6) is 0 Å². The average molecular weight is 904 g/mol. The second-order valence-corrected chi connectivity index (χ2v) is 19.9. The van der Waals surface area contributed by atoms with Crippen molar-refractivity contribution in [2.45, 2.75) is 24.7 Å². The van der Waals surface area contributed by atoms with Crippen molar-refractivity contribution in [1.82, 2.24) is 0 Å². The Bertz CT molecular complexity index is 3850. The van der Waals surface area contributed by atoms with E-state index in [1.807, 2.05) is 0 Å². The highest BCUT2D eigenvalue weighted by Gasteiger charge is 2.52. The molecule has 0 saturated heterocycles. The standard InChI is InChI=1S/C70H49N/c1-69(2)60-32-16-12-27-52(60)55-40-39-51(45-65(55)69)71(66-41-37-49(46-21-6-3-7-22-46)43-58(66)48-25-10-5-11-26-48)67-42-38-50(47-23-8-4-9-24-47)44-59(67)56-31-20-36-64-68(56)57-30-15-19-35-63(57)70(64)61-33-17-13-28-53(61)54-29-14-18-34-62(54)70/h3-45H,1-2H3. The van der Waals surface area contributed by atoms with E-state index in [9.17, 15) is 0 Å². The highest BCUT2D eigenvalue weighted by atomic mass is 15.1. The highest BCUT2D eigenvalue weighted by Crippen LogP contribution is 2.64. The molecule has 0 amide bonds. The summed E-state index contributed by atoms with van der Waals surface area (Å²) < 4.78 is 0. The molecule has 71 heavy (non-hydrogen) atoms. The third-order valence-electron chi connectivity index (χ3n) is 15.9. The van der Waals surface area contributed by atoms with Gasteiger partial charge in [-0.25, -0.2) is 0 Å². The lowest BCUT2D eigenvalue weighted by Crippen LogP contribution is -2.25. The maximum absolute atomic E-state index is 2.57. The Hall–Kier alpha value is -8.78. The lowest BCUT2D eigenvalue weighted by Gasteiger charge is -2.32. The Morgan fingerprint density at radius 3 is 1.27 bits per heavy atom. The van der Waals surface area contributed by atoms with Gasteiger partial charge in [0.2, 0.25) is 0 Å². The molecule has 1 nitrogen and oxygen atoms in total. The normalized spacial score (nSPS) is 13.7. The molecule has 0 aromatic heterocycles. The van der Waals surface area contributed by atoms with Gasteiger partial charge < -0.3 is 4.90 Å². The molecule has 0 heterocycles. The van der Waals surface area contributed by atoms with Crippen LogP contribution in [0.2, 0.25) is 0 Å². The summed E-state index contributed by atoms with van der Waals surface area (Å²) in [4.78, 5) is 2.57. The van der Waals surface area contributed by atoms with E-state index in [1.165, 1.54) is 100 Å². The van der Waals surface area contributed by atoms with E-state index >= 15 is 0 Å². The van der Waals surface area contributed by atoms with E-state index in [4.69, 9.17) is 0 Å². The third-order valence-corrected chi connectivity index (χ3v) is 15.9. The lowest BCUT2D eigenvalue weighted by atomic mass is 9.70. The second-order valence-electron chi connectivity index (χ2n) is 19.9. The molecule has 1 heteroatoms. The number of hydrogen-bond donors (Lipinski definition) is 0. The molecule has 0 bridgehead atoms. The predicted molar refractivity (Wildman–Crippen MR) is 297 cm³/mol. The van der Waals surface area contributed by atoms with Gasteiger partial charge in [-0.05, 0) is 137 Å². The van der Waals surface area contributed by atoms with E-state index < -0.39 is 5.41 Å². The summed E-state index contributed by atoms with van der Waals surface area (Å²) in [6.45, 7) is 4.77. The summed E-state index contributed by atoms with van der Waals surface area (Å²) in [6.07, 6.45) is 0. The van der Waals surface area contributed by atoms with Crippen LogP contribution in [0.15, 0.2) is 261 Å². The number of nitrogens with zero attached hydrogens (tertiary/aromatic N) is 1. The van der Waals surface area contributed by atoms with Crippen molar-refractivity contribution in [3.63, 3.8) is 0 Å². The fraction of sp³-hybridized carbons (Fsp3) is 0.0571. The molecule has 3 aliphatic rings. The van der Waals surface area contributed by atoms with Gasteiger partial charge in [-0.15, -0.1) is 0 Å². The number of rotatable bonds is 7. The van der Waals surface area contributed by atoms with E-state index in [0.29, 0.717) is 0 Å². The minimum atomic E-state index is -0.472. The van der Waals surface area contributed by atoms with Crippen molar-refractivity contribution in [2.75, 3.05) is 4.90 Å². The van der Waals surface area contributed by atoms with E-state index in [2.05, 4.69) is 280 Å². The first-order chi connectivity index (χ1) is 35.0. The first-order valence-electron chi connectivity index (χ1n) is 24.9. The Kier molecular flexibility index (Phi) is 9.22. The van der Waals surface area contributed by atoms with Gasteiger partial charge in [-0.3, -0.25) is 0 Å². The fourth-order valence-corrected chi connectivity index (χ4v) is 12.8. The molecule has 0 N–H and O–H groups in total. The van der Waals surface area contributed by atoms with Gasteiger partial charge >= 0.3 is 0 Å². The van der Waals surface area contributed by atoms with Gasteiger partial charge in [0.15, 0.2) is 0 Å². The van der Waals surface area contributed by atoms with Crippen LogP contribution in [0.25, 0.3) is 77.9 Å². The topological polar surface area (TPSA) is 3.24 Å². The molecular formula is C70H49N. The van der Waals surface area contributed by atoms with Crippen molar-refractivity contribution in [2.24, 2.45) is 0 Å². The zero-order chi connectivity index (χ0) is 47.3. The predicted octanol–water partition coefficient (Wildman–Crippen LogP) is 18.5. The van der Waals surface area contributed by atoms with E-state index in [0.717, 1.165) is 28.2 Å². The van der Waals surface area contributed by atoms with Crippen LogP contribution < -0.4 is 4.90 Å². The van der Waals surface area contributed by atoms with Crippen molar-refractivity contribution >= 4 is 17.1 Å². The Morgan fingerprint density at radius 2 is 0.676 bits per heavy atom. The maximum atomic E-state index is 2.57. The number of benzene rings is 11. The number of fused-ring (bicyclic) bond motifs is 13. The molecular weight excluding hydrogens is 855 g/mol. The van der Waals surface area contributed by atoms with Gasteiger partial charge in [0.25, 0.3) is 0 Å². The average Bonchev–Trinajstić information content (AvgIpc) is 4.01. The first-order valence-corrected chi connectivity index (χ1v) is 24.9. The summed E-state index contributed by atoms with van der Waals surface area (Å²) in [5.41, 5.74) is 28.0. The first kappa shape index (κ1) is 41.2. The molecule has 334 valence electrons. The van der Waals surface area contributed by atoms with Crippen molar-refractivity contribution in [3.8, 4) is 77.9 Å². The molecule has 3 aliphatic carbocycles. The number of anilines is 3. The SMILES string of the molecule is CC1(C)c2ccccc2-c2ccc(N(c3ccc(-c4ccccc4)cc3-c3ccccc3)c3ccc(-c4ccccc4)cc3-c3cccc4c3-c3ccccc3C43c4ccccc4-c4ccccc43)cc21. The zero-order valence-electron chi connectivity index (χ0n) is 39.8. The Balaban J connectivity index is 1.09. The maximum Gasteiger partial charge on any atom is 0.0725 e. The summed E-state index contributed by atoms with van der Waals surface area (Å²) >= 11 is 0. The minimum Gasteiger partial charge on any atom is -0.309 e. The molecule has 0 aliphatic heterocycles. The van der Waals surface area contributed by atoms with Crippen LogP contribution in [0.1, 0.15) is 47.2 Å². The van der Waals surface area contributed by atoms with Crippen molar-refractivity contribution in [3.05, 3.63) is 294 Å². The molecule has 0 radical (unpaired) electrons. The van der Waals surface area contributed by atoms with Gasteiger partial charge in [-0.2, -0.15) is 0 Å². The van der Waals surface area contributed by atoms with E-state index in [-0.39, 0.29) is 5.41 Å². The minimum absolute atomic E-state index is 0.195. The van der Waals surface area contributed by atoms with Gasteiger partial charge in [0.05, 0.1) is 16.8 Å². The summed E-state index contributed by atoms with van der Waals surface area (Å²) in [5.74, 6) is 0. The molecule has 11 aromatic rings. The highest BCUT2D eigenvalue weighted by molar-refractivity contribution is 6.04. The van der Waals surface area contributed by atoms with Gasteiger partial charge in [0.1, 0.15) is 0 Å². The fourth-order valence-electron chi connectivity index (χ4n) is 12.8. The van der Waals surface area contributed by atoms with Crippen LogP contribution >= 0.6 is 0 Å². The second kappa shape index (κ2) is 15.9. The molecule has 0 atom stereocenters. The number of hydrogen-bond acceptors (Lipinski definition) is 1. The van der Waals surface area contributed by atoms with E-state index in [1.54, 1.807) is 0 Å². The zero-order valence-corrected chi connectivity index (χ0v) is 39.8. The van der Waals surface area contributed by atoms with Crippen LogP contribution in [0, 0.1) is 0 Å². The monoisotopic (exact) mass is 903 g/mol. The van der Waals surface area contributed by atoms with Crippen LogP contribution in [-0.2, 0) is 10.8 Å². The van der Waals surface area contributed by atoms with Crippen molar-refractivity contribution in [1.29, 1.82) is 0 Å². The third kappa shape index (κ3) is 6.06. The molecule has 11 aromatic carbocycles. The van der Waals surface area contributed by atoms with Crippen LogP contribution in [-0.4, -0.2) is 0 Å². The molecule has 0 fully saturated rings. The quantitative estimate of drug-likeness (QED) is 0.154. The smallest absolute Gasteiger partial charge is 0.0725 e. The largest absolute Gasteiger partial charge is 0.309 e. The van der Waals surface area contributed by atoms with Gasteiger partial charge in [-0.1, -0.05) is 238 Å². The van der Waals surface area contributed by atoms with Crippen LogP contribution in [0.3, 0.4) is 0 Å². The van der Waals surface area contributed by atoms with Gasteiger partial charge in [0, 0.05) is 22.2 Å². The molecule has 1 spiro atoms. The lowest BCUT2D eigenvalue weighted by molar-refractivity contribution is 0.660. The summed E-state index contributed by atoms with van der Waals surface area (Å²) in [5, 5.41) is 0. The summed E-state index contributed by atoms with van der Waals surface area (Å²) in [7, 11) is 0. The van der Waals surface area contributed by atoms with Crippen LogP contribution in [0.4, 0.5) is 17.1 Å². The molecule has 0 unspecified atom stereocenters. The Labute approximate surface area is 416 Å². The van der Waals surface area contributed by atoms with Crippen molar-refractivity contribution < 1.29 is 0 Å². The summed E-state index contributed by atoms with van der Waals surface area (Å²) in [6, 6.07) is 97.5. The molecule has 14 rings (SSSR count).